The first-order valence-electron chi connectivity index (χ1n) is 21.5. The lowest BCUT2D eigenvalue weighted by molar-refractivity contribution is -0.137. The highest BCUT2D eigenvalue weighted by Gasteiger charge is 2.33. The van der Waals surface area contributed by atoms with Gasteiger partial charge in [-0.2, -0.15) is 0 Å². The van der Waals surface area contributed by atoms with Crippen LogP contribution in [0.4, 0.5) is 14.4 Å². The number of nitrogens with one attached hydrogen (secondary N) is 4. The Morgan fingerprint density at radius 3 is 1.46 bits per heavy atom. The first-order chi connectivity index (χ1) is 30.6. The van der Waals surface area contributed by atoms with Crippen molar-refractivity contribution < 1.29 is 80.9 Å². The fourth-order valence-corrected chi connectivity index (χ4v) is 6.43. The zero-order chi connectivity index (χ0) is 45.8. The van der Waals surface area contributed by atoms with E-state index in [9.17, 15) is 28.8 Å². The van der Waals surface area contributed by atoms with Crippen LogP contribution in [-0.2, 0) is 66.5 Å². The van der Waals surface area contributed by atoms with Gasteiger partial charge in [0, 0.05) is 79.2 Å². The average Bonchev–Trinajstić information content (AvgIpc) is 3.58. The van der Waals surface area contributed by atoms with Gasteiger partial charge < -0.3 is 73.4 Å². The van der Waals surface area contributed by atoms with Crippen molar-refractivity contribution in [1.82, 2.24) is 26.2 Å². The van der Waals surface area contributed by atoms with Crippen LogP contribution in [0.15, 0.2) is 12.2 Å². The Kier molecular flexibility index (Phi) is 30.7. The van der Waals surface area contributed by atoms with E-state index < -0.39 is 23.7 Å². The fraction of sp³-hybridized carbons (Fsp3) is 0.805. The molecule has 1 fully saturated rings. The van der Waals surface area contributed by atoms with Crippen LogP contribution in [0.1, 0.15) is 38.5 Å². The summed E-state index contributed by atoms with van der Waals surface area (Å²) in [6, 6.07) is 0. The van der Waals surface area contributed by atoms with E-state index in [0.717, 1.165) is 25.7 Å². The van der Waals surface area contributed by atoms with Crippen molar-refractivity contribution >= 4 is 36.0 Å². The van der Waals surface area contributed by atoms with Gasteiger partial charge in [0.2, 0.25) is 5.91 Å². The number of carbonyl (C=O) groups excluding carboxylic acids is 6. The molecule has 362 valence electrons. The first kappa shape index (κ1) is 55.0. The van der Waals surface area contributed by atoms with Crippen LogP contribution in [0, 0.1) is 17.3 Å². The Hall–Kier alpha value is -4.16. The number of hydrogen-bond donors (Lipinski definition) is 4. The van der Waals surface area contributed by atoms with E-state index in [0.29, 0.717) is 58.3 Å². The number of amides is 6. The Morgan fingerprint density at radius 1 is 0.571 bits per heavy atom. The first-order valence-corrected chi connectivity index (χ1v) is 21.5. The highest BCUT2D eigenvalue weighted by atomic mass is 16.6. The van der Waals surface area contributed by atoms with Crippen LogP contribution in [0.3, 0.4) is 0 Å². The van der Waals surface area contributed by atoms with E-state index >= 15 is 0 Å². The van der Waals surface area contributed by atoms with E-state index in [1.807, 2.05) is 0 Å². The van der Waals surface area contributed by atoms with E-state index in [1.54, 1.807) is 0 Å². The van der Waals surface area contributed by atoms with Gasteiger partial charge in [0.25, 0.3) is 11.8 Å². The molecule has 2 atom stereocenters. The second kappa shape index (κ2) is 35.2. The summed E-state index contributed by atoms with van der Waals surface area (Å²) in [7, 11) is 4.56. The summed E-state index contributed by atoms with van der Waals surface area (Å²) in [6.45, 7) is 3.88. The maximum atomic E-state index is 12.6. The lowest BCUT2D eigenvalue weighted by Gasteiger charge is -2.33. The molecule has 0 aromatic rings. The molecule has 22 heteroatoms. The molecule has 0 spiro atoms. The van der Waals surface area contributed by atoms with Crippen molar-refractivity contribution in [3.8, 4) is 0 Å². The highest BCUT2D eigenvalue weighted by Crippen LogP contribution is 2.30. The quantitative estimate of drug-likeness (QED) is 0.0382. The number of carbonyl (C=O) groups is 6. The lowest BCUT2D eigenvalue weighted by atomic mass is 9.81. The molecule has 63 heavy (non-hydrogen) atoms. The molecule has 4 N–H and O–H groups in total. The molecule has 0 saturated heterocycles. The number of rotatable bonds is 37. The molecule has 2 rings (SSSR count). The minimum absolute atomic E-state index is 0.0360. The van der Waals surface area contributed by atoms with Gasteiger partial charge in [-0.25, -0.2) is 14.4 Å². The smallest absolute Gasteiger partial charge is 0.407 e. The van der Waals surface area contributed by atoms with Gasteiger partial charge in [0.1, 0.15) is 19.8 Å². The maximum absolute atomic E-state index is 12.6. The van der Waals surface area contributed by atoms with Gasteiger partial charge >= 0.3 is 18.3 Å². The summed E-state index contributed by atoms with van der Waals surface area (Å²) in [5.74, 6) is -0.0792. The normalized spacial score (nSPS) is 16.2. The summed E-state index contributed by atoms with van der Waals surface area (Å²) in [4.78, 5) is 73.6. The molecule has 1 heterocycles. The molecular weight excluding hydrogens is 834 g/mol. The molecule has 1 aliphatic carbocycles. The van der Waals surface area contributed by atoms with Gasteiger partial charge in [0.15, 0.2) is 0 Å². The number of imide groups is 1. The maximum Gasteiger partial charge on any atom is 0.407 e. The zero-order valence-corrected chi connectivity index (χ0v) is 37.3. The topological polar surface area (TPSA) is 255 Å². The van der Waals surface area contributed by atoms with Gasteiger partial charge in [-0.15, -0.1) is 0 Å². The molecular formula is C41H71N5O17. The molecule has 2 aliphatic rings. The molecule has 6 amide bonds. The lowest BCUT2D eigenvalue weighted by Crippen LogP contribution is -2.43. The molecule has 0 radical (unpaired) electrons. The van der Waals surface area contributed by atoms with Crippen molar-refractivity contribution in [2.24, 2.45) is 17.3 Å². The third-order valence-corrected chi connectivity index (χ3v) is 9.63. The summed E-state index contributed by atoms with van der Waals surface area (Å²) < 4.78 is 59.8. The van der Waals surface area contributed by atoms with Gasteiger partial charge in [0.05, 0.1) is 84.7 Å². The predicted octanol–water partition coefficient (Wildman–Crippen LogP) is 0.801. The fourth-order valence-electron chi connectivity index (χ4n) is 6.43. The molecule has 2 unspecified atom stereocenters. The second-order valence-corrected chi connectivity index (χ2v) is 14.9. The Balaban J connectivity index is 1.84. The van der Waals surface area contributed by atoms with Gasteiger partial charge in [-0.3, -0.25) is 19.3 Å². The van der Waals surface area contributed by atoms with Crippen molar-refractivity contribution in [2.45, 2.75) is 38.5 Å². The van der Waals surface area contributed by atoms with Crippen molar-refractivity contribution in [3.05, 3.63) is 12.2 Å². The Labute approximate surface area is 370 Å². The average molecular weight is 906 g/mol. The minimum atomic E-state index is -0.918. The summed E-state index contributed by atoms with van der Waals surface area (Å²) in [6.07, 6.45) is 5.34. The van der Waals surface area contributed by atoms with Gasteiger partial charge in [-0.1, -0.05) is 6.42 Å². The van der Waals surface area contributed by atoms with E-state index in [-0.39, 0.29) is 123 Å². The van der Waals surface area contributed by atoms with E-state index in [1.165, 1.54) is 38.4 Å². The van der Waals surface area contributed by atoms with Crippen LogP contribution in [0.25, 0.3) is 0 Å². The van der Waals surface area contributed by atoms with Gasteiger partial charge in [-0.05, 0) is 37.5 Å². The number of nitrogens with zero attached hydrogens (tertiary/aromatic N) is 1. The summed E-state index contributed by atoms with van der Waals surface area (Å²) in [5.41, 5.74) is -0.918. The van der Waals surface area contributed by atoms with Crippen LogP contribution >= 0.6 is 0 Å². The van der Waals surface area contributed by atoms with Crippen LogP contribution in [-0.4, -0.2) is 201 Å². The predicted molar refractivity (Wildman–Crippen MR) is 224 cm³/mol. The monoisotopic (exact) mass is 905 g/mol. The van der Waals surface area contributed by atoms with E-state index in [4.69, 9.17) is 52.1 Å². The Morgan fingerprint density at radius 2 is 1.00 bits per heavy atom. The standard InChI is InChI=1S/C41H71N5O17/c1-53-15-11-42-38(50)61-23-20-58-30-41(31-59-21-24-62-39(51)43-12-16-54-2,32-60-22-25-63-40(52)44-13-17-55-3)29-57-19-18-56-14-5-8-35(47)45-27-33-6-4-7-34(26-33)28-46-36(48)9-10-37(46)49/h9-10,33-34H,4-8,11-32H2,1-3H3,(H,42,50)(H,43,51)(H,44,52)(H,45,47). The molecule has 0 bridgehead atoms. The third-order valence-electron chi connectivity index (χ3n) is 9.63. The van der Waals surface area contributed by atoms with Crippen molar-refractivity contribution in [2.75, 3.05) is 160 Å². The largest absolute Gasteiger partial charge is 0.447 e. The minimum Gasteiger partial charge on any atom is -0.447 e. The van der Waals surface area contributed by atoms with E-state index in [2.05, 4.69) is 21.3 Å². The third kappa shape index (κ3) is 26.9. The summed E-state index contributed by atoms with van der Waals surface area (Å²) in [5, 5.41) is 10.7. The summed E-state index contributed by atoms with van der Waals surface area (Å²) >= 11 is 0. The molecule has 22 nitrogen and oxygen atoms in total. The van der Waals surface area contributed by atoms with Crippen molar-refractivity contribution in [1.29, 1.82) is 0 Å². The number of ether oxygens (including phenoxy) is 11. The highest BCUT2D eigenvalue weighted by molar-refractivity contribution is 6.12. The molecule has 1 aliphatic heterocycles. The molecule has 0 aromatic heterocycles. The zero-order valence-electron chi connectivity index (χ0n) is 37.3. The molecule has 1 saturated carbocycles. The number of alkyl carbamates (subject to hydrolysis) is 3. The van der Waals surface area contributed by atoms with Crippen LogP contribution in [0.2, 0.25) is 0 Å². The van der Waals surface area contributed by atoms with Crippen LogP contribution < -0.4 is 21.3 Å². The number of methoxy groups -OCH3 is 3. The Bertz CT molecular complexity index is 1250. The van der Waals surface area contributed by atoms with Crippen molar-refractivity contribution in [3.63, 3.8) is 0 Å². The second-order valence-electron chi connectivity index (χ2n) is 14.9. The SMILES string of the molecule is COCCNC(=O)OCCOCC(COCCOCCCC(=O)NCC1CCCC(CN2C(=O)C=CC2=O)C1)(COCCOC(=O)NCCOC)COCCOC(=O)NCCOC. The number of hydrogen-bond acceptors (Lipinski definition) is 17. The van der Waals surface area contributed by atoms with Crippen LogP contribution in [0.5, 0.6) is 0 Å². The molecule has 0 aromatic carbocycles.